The molecule has 0 heterocycles. The van der Waals surface area contributed by atoms with Gasteiger partial charge in [-0.3, -0.25) is 9.69 Å². The van der Waals surface area contributed by atoms with Gasteiger partial charge in [-0.25, -0.2) is 0 Å². The zero-order valence-electron chi connectivity index (χ0n) is 17.5. The Labute approximate surface area is 158 Å². The van der Waals surface area contributed by atoms with Gasteiger partial charge in [0.1, 0.15) is 0 Å². The molecule has 0 fully saturated rings. The van der Waals surface area contributed by atoms with Gasteiger partial charge < -0.3 is 5.73 Å². The van der Waals surface area contributed by atoms with Gasteiger partial charge in [-0.15, -0.1) is 0 Å². The molecule has 0 saturated heterocycles. The summed E-state index contributed by atoms with van der Waals surface area (Å²) >= 11 is 0. The molecule has 2 N–H and O–H groups in total. The average Bonchev–Trinajstić information content (AvgIpc) is 2.58. The molecule has 1 atom stereocenters. The Kier molecular flexibility index (Phi) is 17.8. The Hall–Kier alpha value is -0.570. The molecule has 0 aliphatic rings. The van der Waals surface area contributed by atoms with Gasteiger partial charge in [-0.1, -0.05) is 104 Å². The van der Waals surface area contributed by atoms with Crippen LogP contribution in [0.4, 0.5) is 0 Å². The number of nitrogens with two attached hydrogens (primary N) is 1. The number of hydrogen-bond donors (Lipinski definition) is 1. The van der Waals surface area contributed by atoms with Crippen molar-refractivity contribution in [1.29, 1.82) is 0 Å². The molecular formula is C22H46N2O. The van der Waals surface area contributed by atoms with Gasteiger partial charge in [0.05, 0.1) is 6.04 Å². The third kappa shape index (κ3) is 15.4. The van der Waals surface area contributed by atoms with Gasteiger partial charge in [-0.2, -0.15) is 0 Å². The van der Waals surface area contributed by atoms with Crippen LogP contribution >= 0.6 is 0 Å². The molecule has 1 unspecified atom stereocenters. The van der Waals surface area contributed by atoms with E-state index in [1.54, 1.807) is 0 Å². The summed E-state index contributed by atoms with van der Waals surface area (Å²) in [6.45, 7) is 5.37. The summed E-state index contributed by atoms with van der Waals surface area (Å²) in [6, 6.07) is -0.0720. The van der Waals surface area contributed by atoms with Crippen LogP contribution in [0.5, 0.6) is 0 Å². The smallest absolute Gasteiger partial charge is 0.234 e. The van der Waals surface area contributed by atoms with Crippen molar-refractivity contribution in [1.82, 2.24) is 4.90 Å². The van der Waals surface area contributed by atoms with Gasteiger partial charge in [0.15, 0.2) is 0 Å². The van der Waals surface area contributed by atoms with Crippen molar-refractivity contribution in [2.24, 2.45) is 5.73 Å². The molecule has 150 valence electrons. The Morgan fingerprint density at radius 2 is 1.12 bits per heavy atom. The highest BCUT2D eigenvalue weighted by Gasteiger charge is 2.19. The first-order valence-corrected chi connectivity index (χ1v) is 11.1. The van der Waals surface area contributed by atoms with E-state index in [9.17, 15) is 4.79 Å². The largest absolute Gasteiger partial charge is 0.368 e. The lowest BCUT2D eigenvalue weighted by molar-refractivity contribution is -0.123. The number of amides is 1. The number of nitrogens with zero attached hydrogens (tertiary/aromatic N) is 1. The Morgan fingerprint density at radius 3 is 1.48 bits per heavy atom. The average molecular weight is 355 g/mol. The first-order chi connectivity index (χ1) is 12.1. The van der Waals surface area contributed by atoms with Crippen LogP contribution in [0.1, 0.15) is 117 Å². The van der Waals surface area contributed by atoms with Crippen LogP contribution in [0.15, 0.2) is 0 Å². The molecule has 0 saturated carbocycles. The Bertz CT molecular complexity index is 294. The SMILES string of the molecule is CCCCCCCCCCCCCCCCC(C(N)=O)N(C)CCC. The van der Waals surface area contributed by atoms with E-state index in [1.807, 2.05) is 7.05 Å². The summed E-state index contributed by atoms with van der Waals surface area (Å²) in [5.41, 5.74) is 5.54. The molecule has 0 aromatic carbocycles. The van der Waals surface area contributed by atoms with Crippen LogP contribution in [0.3, 0.4) is 0 Å². The lowest BCUT2D eigenvalue weighted by Gasteiger charge is -2.24. The van der Waals surface area contributed by atoms with Crippen LogP contribution in [-0.4, -0.2) is 30.4 Å². The number of hydrogen-bond acceptors (Lipinski definition) is 2. The number of rotatable bonds is 19. The second kappa shape index (κ2) is 18.2. The number of carbonyl (C=O) groups is 1. The summed E-state index contributed by atoms with van der Waals surface area (Å²) in [7, 11) is 2.02. The minimum Gasteiger partial charge on any atom is -0.368 e. The monoisotopic (exact) mass is 354 g/mol. The van der Waals surface area contributed by atoms with E-state index >= 15 is 0 Å². The van der Waals surface area contributed by atoms with Crippen molar-refractivity contribution in [3.8, 4) is 0 Å². The van der Waals surface area contributed by atoms with E-state index in [4.69, 9.17) is 5.73 Å². The first-order valence-electron chi connectivity index (χ1n) is 11.1. The second-order valence-corrected chi connectivity index (χ2v) is 7.78. The second-order valence-electron chi connectivity index (χ2n) is 7.78. The lowest BCUT2D eigenvalue weighted by atomic mass is 10.0. The number of carbonyl (C=O) groups excluding carboxylic acids is 1. The Morgan fingerprint density at radius 1 is 0.720 bits per heavy atom. The molecule has 1 amide bonds. The standard InChI is InChI=1S/C22H46N2O/c1-4-6-7-8-9-10-11-12-13-14-15-16-17-18-19-21(22(23)25)24(3)20-5-2/h21H,4-20H2,1-3H3,(H2,23,25). The van der Waals surface area contributed by atoms with E-state index in [1.165, 1.54) is 83.5 Å². The summed E-state index contributed by atoms with van der Waals surface area (Å²) in [6.07, 6.45) is 21.1. The molecule has 25 heavy (non-hydrogen) atoms. The molecule has 0 spiro atoms. The fraction of sp³-hybridized carbons (Fsp3) is 0.955. The summed E-state index contributed by atoms with van der Waals surface area (Å²) < 4.78 is 0. The highest BCUT2D eigenvalue weighted by molar-refractivity contribution is 5.79. The zero-order chi connectivity index (χ0) is 18.8. The Balaban J connectivity index is 3.38. The fourth-order valence-electron chi connectivity index (χ4n) is 3.62. The highest BCUT2D eigenvalue weighted by atomic mass is 16.1. The van der Waals surface area contributed by atoms with Crippen LogP contribution < -0.4 is 5.73 Å². The minimum absolute atomic E-state index is 0.0720. The van der Waals surface area contributed by atoms with Crippen LogP contribution in [0.25, 0.3) is 0 Å². The molecule has 0 aromatic heterocycles. The quantitative estimate of drug-likeness (QED) is 0.287. The van der Waals surface area contributed by atoms with E-state index in [0.717, 1.165) is 25.8 Å². The third-order valence-electron chi connectivity index (χ3n) is 5.27. The van der Waals surface area contributed by atoms with Crippen LogP contribution in [0, 0.1) is 0 Å². The predicted molar refractivity (Wildman–Crippen MR) is 111 cm³/mol. The van der Waals surface area contributed by atoms with Crippen molar-refractivity contribution in [2.45, 2.75) is 123 Å². The zero-order valence-corrected chi connectivity index (χ0v) is 17.5. The van der Waals surface area contributed by atoms with Crippen molar-refractivity contribution in [3.05, 3.63) is 0 Å². The van der Waals surface area contributed by atoms with E-state index in [-0.39, 0.29) is 11.9 Å². The molecule has 3 heteroatoms. The van der Waals surface area contributed by atoms with Gasteiger partial charge in [0.2, 0.25) is 5.91 Å². The molecule has 0 rings (SSSR count). The van der Waals surface area contributed by atoms with E-state index < -0.39 is 0 Å². The molecular weight excluding hydrogens is 308 g/mol. The van der Waals surface area contributed by atoms with Gasteiger partial charge in [0, 0.05) is 0 Å². The fourth-order valence-corrected chi connectivity index (χ4v) is 3.62. The lowest BCUT2D eigenvalue weighted by Crippen LogP contribution is -2.42. The van der Waals surface area contributed by atoms with Crippen molar-refractivity contribution in [3.63, 3.8) is 0 Å². The first kappa shape index (κ1) is 24.4. The van der Waals surface area contributed by atoms with Crippen LogP contribution in [0.2, 0.25) is 0 Å². The molecule has 0 aliphatic heterocycles. The van der Waals surface area contributed by atoms with Crippen molar-refractivity contribution >= 4 is 5.91 Å². The summed E-state index contributed by atoms with van der Waals surface area (Å²) in [5.74, 6) is -0.161. The van der Waals surface area contributed by atoms with Crippen molar-refractivity contribution < 1.29 is 4.79 Å². The summed E-state index contributed by atoms with van der Waals surface area (Å²) in [5, 5.41) is 0. The highest BCUT2D eigenvalue weighted by Crippen LogP contribution is 2.14. The van der Waals surface area contributed by atoms with E-state index in [2.05, 4.69) is 18.7 Å². The molecule has 0 aromatic rings. The molecule has 0 radical (unpaired) electrons. The third-order valence-corrected chi connectivity index (χ3v) is 5.27. The van der Waals surface area contributed by atoms with Gasteiger partial charge >= 0.3 is 0 Å². The summed E-state index contributed by atoms with van der Waals surface area (Å²) in [4.78, 5) is 13.7. The molecule has 0 bridgehead atoms. The maximum absolute atomic E-state index is 11.6. The number of primary amides is 1. The maximum atomic E-state index is 11.6. The van der Waals surface area contributed by atoms with Crippen LogP contribution in [-0.2, 0) is 4.79 Å². The minimum atomic E-state index is -0.161. The van der Waals surface area contributed by atoms with E-state index in [0.29, 0.717) is 0 Å². The maximum Gasteiger partial charge on any atom is 0.234 e. The topological polar surface area (TPSA) is 46.3 Å². The molecule has 0 aliphatic carbocycles. The number of likely N-dealkylation sites (N-methyl/N-ethyl adjacent to an activating group) is 1. The van der Waals surface area contributed by atoms with Gasteiger partial charge in [0.25, 0.3) is 0 Å². The van der Waals surface area contributed by atoms with Gasteiger partial charge in [-0.05, 0) is 26.4 Å². The van der Waals surface area contributed by atoms with Crippen molar-refractivity contribution in [2.75, 3.05) is 13.6 Å². The molecule has 3 nitrogen and oxygen atoms in total. The normalized spacial score (nSPS) is 12.6. The predicted octanol–water partition coefficient (Wildman–Crippen LogP) is 6.05. The number of unbranched alkanes of at least 4 members (excludes halogenated alkanes) is 13.